The van der Waals surface area contributed by atoms with E-state index in [0.29, 0.717) is 42.3 Å². The van der Waals surface area contributed by atoms with Gasteiger partial charge in [-0.2, -0.15) is 5.10 Å². The van der Waals surface area contributed by atoms with Crippen molar-refractivity contribution in [1.29, 1.82) is 0 Å². The number of esters is 1. The largest absolute Gasteiger partial charge is 0.497 e. The molecule has 0 aliphatic rings. The molecule has 0 aliphatic carbocycles. The lowest BCUT2D eigenvalue weighted by atomic mass is 10.0. The number of aromatic nitrogens is 1. The summed E-state index contributed by atoms with van der Waals surface area (Å²) in [5.74, 6) is 0.0196. The summed E-state index contributed by atoms with van der Waals surface area (Å²) in [5.41, 5.74) is 5.82. The number of hydrazone groups is 1. The van der Waals surface area contributed by atoms with Crippen LogP contribution in [0.15, 0.2) is 92.9 Å². The Hall–Kier alpha value is -4.12. The maximum atomic E-state index is 13.4. The second kappa shape index (κ2) is 12.8. The number of rotatable bonds is 8. The van der Waals surface area contributed by atoms with E-state index in [4.69, 9.17) is 25.8 Å². The zero-order valence-corrected chi connectivity index (χ0v) is 26.1. The number of hydrogen-bond donors (Lipinski definition) is 2. The van der Waals surface area contributed by atoms with E-state index < -0.39 is 11.9 Å². The van der Waals surface area contributed by atoms with Crippen molar-refractivity contribution in [2.45, 2.75) is 0 Å². The number of methoxy groups -OCH3 is 2. The Bertz CT molecular complexity index is 1840. The van der Waals surface area contributed by atoms with Crippen LogP contribution in [0, 0.1) is 0 Å². The lowest BCUT2D eigenvalue weighted by molar-refractivity contribution is 0.0729. The van der Waals surface area contributed by atoms with Crippen LogP contribution in [0.4, 0.5) is 0 Å². The van der Waals surface area contributed by atoms with E-state index in [9.17, 15) is 9.59 Å². The molecular weight excluding hydrogens is 690 g/mol. The SMILES string of the molecule is COc1ccc2[nH]c(C(=O)NN=Cc3cc(Br)cc(Br)c3OC(=O)c3cc(Cl)ccc3OC)c(-c3ccccc3)c2c1. The van der Waals surface area contributed by atoms with Gasteiger partial charge in [-0.05, 0) is 70.0 Å². The smallest absolute Gasteiger partial charge is 0.347 e. The summed E-state index contributed by atoms with van der Waals surface area (Å²) in [5, 5.41) is 5.36. The maximum Gasteiger partial charge on any atom is 0.347 e. The molecule has 0 bridgehead atoms. The van der Waals surface area contributed by atoms with Gasteiger partial charge in [0.1, 0.15) is 22.8 Å². The Morgan fingerprint density at radius 1 is 0.952 bits per heavy atom. The third kappa shape index (κ3) is 6.20. The molecule has 4 aromatic carbocycles. The van der Waals surface area contributed by atoms with Crippen LogP contribution in [0.3, 0.4) is 0 Å². The summed E-state index contributed by atoms with van der Waals surface area (Å²) in [7, 11) is 3.04. The number of carbonyl (C=O) groups is 2. The molecule has 1 aromatic heterocycles. The molecule has 2 N–H and O–H groups in total. The van der Waals surface area contributed by atoms with Gasteiger partial charge in [0.15, 0.2) is 5.75 Å². The number of amides is 1. The highest BCUT2D eigenvalue weighted by Gasteiger charge is 2.21. The molecule has 0 spiro atoms. The van der Waals surface area contributed by atoms with Crippen molar-refractivity contribution in [2.75, 3.05) is 14.2 Å². The topological polar surface area (TPSA) is 102 Å². The van der Waals surface area contributed by atoms with E-state index in [1.807, 2.05) is 48.5 Å². The number of benzene rings is 4. The molecule has 8 nitrogen and oxygen atoms in total. The van der Waals surface area contributed by atoms with Crippen LogP contribution in [0.2, 0.25) is 5.02 Å². The molecule has 0 atom stereocenters. The zero-order chi connectivity index (χ0) is 29.8. The second-order valence-electron chi connectivity index (χ2n) is 8.89. The minimum atomic E-state index is -0.683. The Morgan fingerprint density at radius 3 is 2.48 bits per heavy atom. The highest BCUT2D eigenvalue weighted by atomic mass is 79.9. The predicted molar refractivity (Wildman–Crippen MR) is 170 cm³/mol. The van der Waals surface area contributed by atoms with E-state index in [1.54, 1.807) is 31.4 Å². The number of fused-ring (bicyclic) bond motifs is 1. The number of carbonyl (C=O) groups excluding carboxylic acids is 2. The zero-order valence-electron chi connectivity index (χ0n) is 22.2. The van der Waals surface area contributed by atoms with Gasteiger partial charge in [-0.1, -0.05) is 57.9 Å². The van der Waals surface area contributed by atoms with E-state index in [2.05, 4.69) is 47.4 Å². The van der Waals surface area contributed by atoms with Gasteiger partial charge in [0.25, 0.3) is 5.91 Å². The molecule has 0 unspecified atom stereocenters. The highest BCUT2D eigenvalue weighted by molar-refractivity contribution is 9.11. The van der Waals surface area contributed by atoms with Crippen LogP contribution in [-0.2, 0) is 0 Å². The lowest BCUT2D eigenvalue weighted by Crippen LogP contribution is -2.19. The summed E-state index contributed by atoms with van der Waals surface area (Å²) in [4.78, 5) is 29.7. The van der Waals surface area contributed by atoms with Gasteiger partial charge in [0.2, 0.25) is 0 Å². The van der Waals surface area contributed by atoms with Crippen molar-refractivity contribution in [1.82, 2.24) is 10.4 Å². The molecule has 0 aliphatic heterocycles. The number of nitrogens with one attached hydrogen (secondary N) is 2. The third-order valence-electron chi connectivity index (χ3n) is 6.28. The lowest BCUT2D eigenvalue weighted by Gasteiger charge is -2.12. The molecule has 0 fully saturated rings. The number of H-pyrrole nitrogens is 1. The van der Waals surface area contributed by atoms with Gasteiger partial charge in [-0.3, -0.25) is 4.79 Å². The maximum absolute atomic E-state index is 13.4. The second-order valence-corrected chi connectivity index (χ2v) is 11.1. The minimum Gasteiger partial charge on any atom is -0.497 e. The number of nitrogens with zero attached hydrogens (tertiary/aromatic N) is 1. The molecule has 0 radical (unpaired) electrons. The quantitative estimate of drug-likeness (QED) is 0.0735. The van der Waals surface area contributed by atoms with Crippen molar-refractivity contribution in [3.63, 3.8) is 0 Å². The number of halogens is 3. The molecule has 11 heteroatoms. The van der Waals surface area contributed by atoms with Gasteiger partial charge in [-0.25, -0.2) is 10.2 Å². The van der Waals surface area contributed by atoms with Crippen molar-refractivity contribution in [3.05, 3.63) is 110 Å². The average molecular weight is 712 g/mol. The van der Waals surface area contributed by atoms with Crippen molar-refractivity contribution in [2.24, 2.45) is 5.10 Å². The van der Waals surface area contributed by atoms with Crippen LogP contribution in [0.1, 0.15) is 26.4 Å². The summed E-state index contributed by atoms with van der Waals surface area (Å²) < 4.78 is 17.6. The van der Waals surface area contributed by atoms with Gasteiger partial charge in [-0.15, -0.1) is 0 Å². The van der Waals surface area contributed by atoms with Crippen LogP contribution in [0.5, 0.6) is 17.2 Å². The van der Waals surface area contributed by atoms with Crippen molar-refractivity contribution >= 4 is 72.5 Å². The van der Waals surface area contributed by atoms with Crippen LogP contribution >= 0.6 is 43.5 Å². The molecule has 42 heavy (non-hydrogen) atoms. The van der Waals surface area contributed by atoms with E-state index >= 15 is 0 Å². The first-order valence-electron chi connectivity index (χ1n) is 12.4. The Balaban J connectivity index is 1.45. The Kier molecular flexibility index (Phi) is 8.96. The summed E-state index contributed by atoms with van der Waals surface area (Å²) in [6, 6.07) is 23.2. The predicted octanol–water partition coefficient (Wildman–Crippen LogP) is 8.01. The fraction of sp³-hybridized carbons (Fsp3) is 0.0645. The van der Waals surface area contributed by atoms with E-state index in [1.165, 1.54) is 19.4 Å². The molecular formula is C31H22Br2ClN3O5. The average Bonchev–Trinajstić information content (AvgIpc) is 3.38. The Labute approximate surface area is 262 Å². The molecule has 1 heterocycles. The summed E-state index contributed by atoms with van der Waals surface area (Å²) in [6.45, 7) is 0. The molecule has 5 aromatic rings. The van der Waals surface area contributed by atoms with Gasteiger partial charge >= 0.3 is 5.97 Å². The van der Waals surface area contributed by atoms with Crippen molar-refractivity contribution in [3.8, 4) is 28.4 Å². The normalized spacial score (nSPS) is 11.1. The summed E-state index contributed by atoms with van der Waals surface area (Å²) >= 11 is 13.0. The molecule has 1 amide bonds. The monoisotopic (exact) mass is 709 g/mol. The first-order valence-corrected chi connectivity index (χ1v) is 14.4. The third-order valence-corrected chi connectivity index (χ3v) is 7.56. The standard InChI is InChI=1S/C31H22Br2ClN3O5/c1-40-21-9-10-25-22(15-21)27(17-6-4-3-5-7-17)28(36-25)30(38)37-35-16-18-12-19(32)13-24(33)29(18)42-31(39)23-14-20(34)8-11-26(23)41-2/h3-16,36H,1-2H3,(H,37,38). The first-order chi connectivity index (χ1) is 20.3. The van der Waals surface area contributed by atoms with E-state index in [0.717, 1.165) is 16.5 Å². The van der Waals surface area contributed by atoms with Gasteiger partial charge in [0.05, 0.1) is 24.9 Å². The number of aromatic amines is 1. The highest BCUT2D eigenvalue weighted by Crippen LogP contribution is 2.36. The van der Waals surface area contributed by atoms with Crippen LogP contribution < -0.4 is 19.6 Å². The van der Waals surface area contributed by atoms with E-state index in [-0.39, 0.29) is 11.3 Å². The van der Waals surface area contributed by atoms with Crippen molar-refractivity contribution < 1.29 is 23.8 Å². The van der Waals surface area contributed by atoms with Crippen LogP contribution in [-0.4, -0.2) is 37.3 Å². The number of ether oxygens (including phenoxy) is 3. The molecule has 0 saturated carbocycles. The molecule has 0 saturated heterocycles. The first kappa shape index (κ1) is 29.4. The minimum absolute atomic E-state index is 0.153. The summed E-state index contributed by atoms with van der Waals surface area (Å²) in [6.07, 6.45) is 1.39. The van der Waals surface area contributed by atoms with Gasteiger partial charge < -0.3 is 19.2 Å². The fourth-order valence-corrected chi connectivity index (χ4v) is 5.87. The number of hydrogen-bond acceptors (Lipinski definition) is 6. The van der Waals surface area contributed by atoms with Gasteiger partial charge in [0, 0.05) is 31.5 Å². The Morgan fingerprint density at radius 2 is 1.74 bits per heavy atom. The molecule has 212 valence electrons. The molecule has 5 rings (SSSR count). The fourth-order valence-electron chi connectivity index (χ4n) is 4.36. The van der Waals surface area contributed by atoms with Crippen LogP contribution in [0.25, 0.3) is 22.0 Å².